The zero-order valence-electron chi connectivity index (χ0n) is 10.1. The van der Waals surface area contributed by atoms with E-state index in [0.29, 0.717) is 0 Å². The molecule has 0 spiro atoms. The Morgan fingerprint density at radius 1 is 1.60 bits per heavy atom. The number of nitrogens with one attached hydrogen (secondary N) is 1. The summed E-state index contributed by atoms with van der Waals surface area (Å²) in [5, 5.41) is 22.2. The molecular formula is C11H10N2O7. The van der Waals surface area contributed by atoms with Crippen molar-refractivity contribution >= 4 is 17.7 Å². The number of aromatic carboxylic acids is 1. The molecule has 1 aliphatic rings. The molecule has 1 heterocycles. The molecule has 0 aromatic heterocycles. The van der Waals surface area contributed by atoms with Crippen LogP contribution in [0.1, 0.15) is 10.4 Å². The van der Waals surface area contributed by atoms with Crippen molar-refractivity contribution in [3.63, 3.8) is 0 Å². The number of benzene rings is 1. The molecule has 1 amide bonds. The molecule has 1 aliphatic heterocycles. The molecule has 0 radical (unpaired) electrons. The normalized spacial score (nSPS) is 17.2. The van der Waals surface area contributed by atoms with Crippen molar-refractivity contribution in [1.29, 1.82) is 0 Å². The van der Waals surface area contributed by atoms with E-state index < -0.39 is 34.3 Å². The summed E-state index contributed by atoms with van der Waals surface area (Å²) >= 11 is 0. The number of alkyl carbamates (subject to hydrolysis) is 1. The van der Waals surface area contributed by atoms with Gasteiger partial charge in [0.2, 0.25) is 0 Å². The number of rotatable bonds is 5. The Bertz CT molecular complexity index is 572. The molecule has 0 bridgehead atoms. The predicted molar refractivity (Wildman–Crippen MR) is 63.8 cm³/mol. The Labute approximate surface area is 112 Å². The number of hydrogen-bond donors (Lipinski definition) is 2. The first-order valence-electron chi connectivity index (χ1n) is 5.57. The van der Waals surface area contributed by atoms with Crippen molar-refractivity contribution in [2.75, 3.05) is 13.2 Å². The van der Waals surface area contributed by atoms with Gasteiger partial charge in [0, 0.05) is 6.07 Å². The molecule has 0 saturated carbocycles. The number of amides is 1. The van der Waals surface area contributed by atoms with Gasteiger partial charge in [-0.2, -0.15) is 0 Å². The average molecular weight is 282 g/mol. The topological polar surface area (TPSA) is 128 Å². The zero-order valence-corrected chi connectivity index (χ0v) is 10.1. The van der Waals surface area contributed by atoms with E-state index >= 15 is 0 Å². The smallest absolute Gasteiger partial charge is 0.407 e. The molecule has 9 heteroatoms. The summed E-state index contributed by atoms with van der Waals surface area (Å²) in [7, 11) is 0. The van der Waals surface area contributed by atoms with Crippen molar-refractivity contribution in [3.05, 3.63) is 33.9 Å². The summed E-state index contributed by atoms with van der Waals surface area (Å²) in [6, 6.07) is 3.70. The number of nitro groups is 1. The molecule has 106 valence electrons. The average Bonchev–Trinajstić information content (AvgIpc) is 2.81. The van der Waals surface area contributed by atoms with Crippen molar-refractivity contribution < 1.29 is 29.1 Å². The van der Waals surface area contributed by atoms with E-state index in [2.05, 4.69) is 5.32 Å². The van der Waals surface area contributed by atoms with Crippen LogP contribution in [0.2, 0.25) is 0 Å². The number of carbonyl (C=O) groups excluding carboxylic acids is 1. The van der Waals surface area contributed by atoms with Gasteiger partial charge in [-0.15, -0.1) is 0 Å². The number of carboxylic acid groups (broad SMARTS) is 1. The van der Waals surface area contributed by atoms with Gasteiger partial charge in [0.15, 0.2) is 11.7 Å². The number of cyclic esters (lactones) is 1. The van der Waals surface area contributed by atoms with Crippen LogP contribution >= 0.6 is 0 Å². The maximum absolute atomic E-state index is 11.1. The summed E-state index contributed by atoms with van der Waals surface area (Å²) in [5.41, 5.74) is -1.09. The molecule has 1 unspecified atom stereocenters. The minimum atomic E-state index is -1.46. The number of carboxylic acids is 1. The van der Waals surface area contributed by atoms with E-state index in [-0.39, 0.29) is 18.9 Å². The first kappa shape index (κ1) is 13.6. The standard InChI is InChI=1S/C11H10N2O7/c14-10(15)9-7(13(17)18)2-1-3-8(9)19-5-6-4-12-11(16)20-6/h1-3,6H,4-5H2,(H,12,16)(H,14,15). The molecule has 9 nitrogen and oxygen atoms in total. The number of nitrogens with zero attached hydrogens (tertiary/aromatic N) is 1. The fourth-order valence-electron chi connectivity index (χ4n) is 1.71. The van der Waals surface area contributed by atoms with Crippen LogP contribution in [-0.2, 0) is 4.74 Å². The van der Waals surface area contributed by atoms with Crippen LogP contribution in [0, 0.1) is 10.1 Å². The van der Waals surface area contributed by atoms with E-state index in [4.69, 9.17) is 14.6 Å². The highest BCUT2D eigenvalue weighted by Gasteiger charge is 2.27. The van der Waals surface area contributed by atoms with Crippen LogP contribution in [0.4, 0.5) is 10.5 Å². The lowest BCUT2D eigenvalue weighted by atomic mass is 10.1. The van der Waals surface area contributed by atoms with Gasteiger partial charge in [-0.3, -0.25) is 10.1 Å². The van der Waals surface area contributed by atoms with Crippen LogP contribution in [0.5, 0.6) is 5.75 Å². The highest BCUT2D eigenvalue weighted by Crippen LogP contribution is 2.28. The first-order valence-corrected chi connectivity index (χ1v) is 5.57. The van der Waals surface area contributed by atoms with Gasteiger partial charge in [-0.1, -0.05) is 6.07 Å². The van der Waals surface area contributed by atoms with Gasteiger partial charge < -0.3 is 19.9 Å². The van der Waals surface area contributed by atoms with Gasteiger partial charge in [0.25, 0.3) is 5.69 Å². The lowest BCUT2D eigenvalue weighted by Gasteiger charge is -2.12. The van der Waals surface area contributed by atoms with Gasteiger partial charge in [-0.25, -0.2) is 9.59 Å². The second-order valence-electron chi connectivity index (χ2n) is 3.93. The maximum atomic E-state index is 11.1. The fourth-order valence-corrected chi connectivity index (χ4v) is 1.71. The molecule has 1 atom stereocenters. The quantitative estimate of drug-likeness (QED) is 0.603. The summed E-state index contributed by atoms with van der Waals surface area (Å²) in [6.07, 6.45) is -1.15. The third-order valence-corrected chi connectivity index (χ3v) is 2.59. The monoisotopic (exact) mass is 282 g/mol. The van der Waals surface area contributed by atoms with Crippen LogP contribution in [-0.4, -0.2) is 41.3 Å². The Balaban J connectivity index is 2.18. The number of hydrogen-bond acceptors (Lipinski definition) is 6. The lowest BCUT2D eigenvalue weighted by molar-refractivity contribution is -0.385. The molecule has 1 aromatic rings. The third kappa shape index (κ3) is 2.76. The van der Waals surface area contributed by atoms with E-state index in [9.17, 15) is 19.7 Å². The lowest BCUT2D eigenvalue weighted by Crippen LogP contribution is -2.22. The first-order chi connectivity index (χ1) is 9.49. The van der Waals surface area contributed by atoms with Gasteiger partial charge in [0.1, 0.15) is 12.4 Å². The Hall–Kier alpha value is -2.84. The predicted octanol–water partition coefficient (Wildman–Crippen LogP) is 0.780. The van der Waals surface area contributed by atoms with Crippen LogP contribution in [0.25, 0.3) is 0 Å². The van der Waals surface area contributed by atoms with Crippen LogP contribution in [0.15, 0.2) is 18.2 Å². The summed E-state index contributed by atoms with van der Waals surface area (Å²) in [6.45, 7) is 0.135. The second kappa shape index (κ2) is 5.43. The largest absolute Gasteiger partial charge is 0.488 e. The number of carbonyl (C=O) groups is 2. The van der Waals surface area contributed by atoms with E-state index in [1.165, 1.54) is 12.1 Å². The Morgan fingerprint density at radius 2 is 2.35 bits per heavy atom. The zero-order chi connectivity index (χ0) is 14.7. The van der Waals surface area contributed by atoms with Crippen molar-refractivity contribution in [3.8, 4) is 5.75 Å². The molecule has 20 heavy (non-hydrogen) atoms. The minimum absolute atomic E-state index is 0.0970. The minimum Gasteiger partial charge on any atom is -0.488 e. The van der Waals surface area contributed by atoms with Crippen molar-refractivity contribution in [2.45, 2.75) is 6.10 Å². The van der Waals surface area contributed by atoms with E-state index in [0.717, 1.165) is 6.07 Å². The van der Waals surface area contributed by atoms with E-state index in [1.807, 2.05) is 0 Å². The van der Waals surface area contributed by atoms with Crippen molar-refractivity contribution in [2.24, 2.45) is 0 Å². The number of nitro benzene ring substituents is 1. The fraction of sp³-hybridized carbons (Fsp3) is 0.273. The SMILES string of the molecule is O=C1NCC(COc2cccc([N+](=O)[O-])c2C(=O)O)O1. The summed E-state index contributed by atoms with van der Waals surface area (Å²) < 4.78 is 10.0. The highest BCUT2D eigenvalue weighted by atomic mass is 16.6. The maximum Gasteiger partial charge on any atom is 0.407 e. The van der Waals surface area contributed by atoms with Gasteiger partial charge in [-0.05, 0) is 6.07 Å². The Kier molecular flexibility index (Phi) is 3.69. The third-order valence-electron chi connectivity index (χ3n) is 2.59. The molecule has 0 aliphatic carbocycles. The molecular weight excluding hydrogens is 272 g/mol. The molecule has 1 fully saturated rings. The molecule has 1 saturated heterocycles. The number of ether oxygens (including phenoxy) is 2. The van der Waals surface area contributed by atoms with Crippen molar-refractivity contribution in [1.82, 2.24) is 5.32 Å². The highest BCUT2D eigenvalue weighted by molar-refractivity contribution is 5.95. The summed E-state index contributed by atoms with van der Waals surface area (Å²) in [5.74, 6) is -1.61. The summed E-state index contributed by atoms with van der Waals surface area (Å²) in [4.78, 5) is 31.9. The molecule has 1 aromatic carbocycles. The van der Waals surface area contributed by atoms with Gasteiger partial charge >= 0.3 is 12.1 Å². The molecule has 2 rings (SSSR count). The van der Waals surface area contributed by atoms with Crippen LogP contribution < -0.4 is 10.1 Å². The van der Waals surface area contributed by atoms with E-state index in [1.54, 1.807) is 0 Å². The van der Waals surface area contributed by atoms with Gasteiger partial charge in [0.05, 0.1) is 11.5 Å². The second-order valence-corrected chi connectivity index (χ2v) is 3.93. The van der Waals surface area contributed by atoms with Crippen LogP contribution in [0.3, 0.4) is 0 Å². The Morgan fingerprint density at radius 3 is 2.90 bits per heavy atom. The molecule has 2 N–H and O–H groups in total.